The third-order valence-electron chi connectivity index (χ3n) is 8.03. The minimum absolute atomic E-state index is 0.0830. The van der Waals surface area contributed by atoms with Crippen molar-refractivity contribution >= 4 is 11.9 Å². The Kier molecular flexibility index (Phi) is 9.31. The van der Waals surface area contributed by atoms with E-state index in [2.05, 4.69) is 22.1 Å². The van der Waals surface area contributed by atoms with Gasteiger partial charge < -0.3 is 25.0 Å². The Labute approximate surface area is 221 Å². The number of urea groups is 1. The molecule has 202 valence electrons. The molecule has 8 heteroatoms. The molecular weight excluding hydrogens is 468 g/mol. The van der Waals surface area contributed by atoms with Gasteiger partial charge in [-0.1, -0.05) is 50.9 Å². The van der Waals surface area contributed by atoms with Gasteiger partial charge >= 0.3 is 6.03 Å². The smallest absolute Gasteiger partial charge is 0.317 e. The van der Waals surface area contributed by atoms with Crippen LogP contribution in [0, 0.1) is 23.7 Å². The zero-order valence-corrected chi connectivity index (χ0v) is 22.5. The van der Waals surface area contributed by atoms with Crippen LogP contribution < -0.4 is 10.1 Å². The lowest BCUT2D eigenvalue weighted by molar-refractivity contribution is 0.0351. The second-order valence-electron chi connectivity index (χ2n) is 11.1. The molecule has 0 saturated heterocycles. The van der Waals surface area contributed by atoms with Crippen molar-refractivity contribution in [2.24, 2.45) is 11.8 Å². The molecule has 1 aromatic rings. The van der Waals surface area contributed by atoms with Crippen molar-refractivity contribution in [1.82, 2.24) is 20.1 Å². The summed E-state index contributed by atoms with van der Waals surface area (Å²) in [5.41, 5.74) is 1.04. The summed E-state index contributed by atoms with van der Waals surface area (Å²) in [7, 11) is 1.77. The maximum absolute atomic E-state index is 13.6. The van der Waals surface area contributed by atoms with Crippen LogP contribution in [0.3, 0.4) is 0 Å². The Morgan fingerprint density at radius 1 is 1.24 bits per heavy atom. The summed E-state index contributed by atoms with van der Waals surface area (Å²) in [6.07, 6.45) is 11.6. The van der Waals surface area contributed by atoms with Crippen molar-refractivity contribution in [2.75, 3.05) is 26.7 Å². The second kappa shape index (κ2) is 12.6. The summed E-state index contributed by atoms with van der Waals surface area (Å²) >= 11 is 0. The number of amides is 3. The number of fused-ring (bicyclic) bond motifs is 1. The van der Waals surface area contributed by atoms with Crippen LogP contribution in [-0.2, 0) is 0 Å². The molecule has 3 aliphatic rings. The van der Waals surface area contributed by atoms with Crippen LogP contribution in [0.5, 0.6) is 5.88 Å². The van der Waals surface area contributed by atoms with E-state index in [0.29, 0.717) is 30.1 Å². The van der Waals surface area contributed by atoms with Gasteiger partial charge in [0.2, 0.25) is 5.88 Å². The number of aliphatic hydroxyl groups excluding tert-OH is 1. The Hall–Kier alpha value is -2.79. The highest BCUT2D eigenvalue weighted by atomic mass is 16.5. The Balaban J connectivity index is 1.56. The van der Waals surface area contributed by atoms with E-state index < -0.39 is 0 Å². The highest BCUT2D eigenvalue weighted by molar-refractivity contribution is 5.97. The lowest BCUT2D eigenvalue weighted by atomic mass is 9.90. The van der Waals surface area contributed by atoms with E-state index in [9.17, 15) is 14.7 Å². The Morgan fingerprint density at radius 2 is 1.95 bits per heavy atom. The van der Waals surface area contributed by atoms with Gasteiger partial charge in [-0.2, -0.15) is 0 Å². The monoisotopic (exact) mass is 510 g/mol. The molecule has 3 amide bonds. The maximum Gasteiger partial charge on any atom is 0.317 e. The normalized spacial score (nSPS) is 23.7. The molecule has 1 aliphatic heterocycles. The highest BCUT2D eigenvalue weighted by Crippen LogP contribution is 2.28. The highest BCUT2D eigenvalue weighted by Gasteiger charge is 2.35. The first-order valence-corrected chi connectivity index (χ1v) is 14.0. The molecule has 2 heterocycles. The molecule has 37 heavy (non-hydrogen) atoms. The first-order valence-electron chi connectivity index (χ1n) is 14.0. The van der Waals surface area contributed by atoms with Gasteiger partial charge in [-0.15, -0.1) is 0 Å². The van der Waals surface area contributed by atoms with Crippen molar-refractivity contribution < 1.29 is 19.4 Å². The SMILES string of the molecule is C[C@H](CO)N1C[C@H](C)[C@H](CN(C)C(=O)NC2CCCC2)Oc2ncc(C#CC3CCCCC3)cc2C1=O. The summed E-state index contributed by atoms with van der Waals surface area (Å²) in [5, 5.41) is 13.0. The predicted octanol–water partition coefficient (Wildman–Crippen LogP) is 3.82. The molecule has 4 rings (SSSR count). The average Bonchev–Trinajstić information content (AvgIpc) is 3.42. The van der Waals surface area contributed by atoms with Crippen LogP contribution in [0.1, 0.15) is 87.6 Å². The number of carbonyl (C=O) groups excluding carboxylic acids is 2. The van der Waals surface area contributed by atoms with Crippen molar-refractivity contribution in [3.63, 3.8) is 0 Å². The van der Waals surface area contributed by atoms with Crippen LogP contribution >= 0.6 is 0 Å². The third kappa shape index (κ3) is 6.95. The average molecular weight is 511 g/mol. The lowest BCUT2D eigenvalue weighted by Crippen LogP contribution is -2.52. The van der Waals surface area contributed by atoms with Gasteiger partial charge in [0.25, 0.3) is 5.91 Å². The summed E-state index contributed by atoms with van der Waals surface area (Å²) in [4.78, 5) is 34.3. The van der Waals surface area contributed by atoms with E-state index in [1.165, 1.54) is 19.3 Å². The van der Waals surface area contributed by atoms with E-state index >= 15 is 0 Å². The van der Waals surface area contributed by atoms with Crippen molar-refractivity contribution in [1.29, 1.82) is 0 Å². The van der Waals surface area contributed by atoms with Crippen LogP contribution in [0.25, 0.3) is 0 Å². The van der Waals surface area contributed by atoms with Gasteiger partial charge in [-0.25, -0.2) is 9.78 Å². The van der Waals surface area contributed by atoms with Crippen LogP contribution in [0.4, 0.5) is 4.79 Å². The minimum atomic E-state index is -0.369. The van der Waals surface area contributed by atoms with E-state index in [-0.39, 0.29) is 48.5 Å². The maximum atomic E-state index is 13.6. The number of likely N-dealkylation sites (N-methyl/N-ethyl adjacent to an activating group) is 1. The minimum Gasteiger partial charge on any atom is -0.472 e. The number of carbonyl (C=O) groups is 2. The van der Waals surface area contributed by atoms with E-state index in [1.54, 1.807) is 29.1 Å². The standard InChI is InChI=1S/C29H42N4O4/c1-20-17-33(21(2)19-34)28(35)25-15-23(14-13-22-9-5-4-6-10-22)16-30-27(25)37-26(20)18-32(3)29(36)31-24-11-7-8-12-24/h15-16,20-22,24,26,34H,4-12,17-19H2,1-3H3,(H,31,36)/t20-,21+,26-/m0/s1. The van der Waals surface area contributed by atoms with Gasteiger partial charge in [0.1, 0.15) is 11.7 Å². The van der Waals surface area contributed by atoms with E-state index in [1.807, 2.05) is 13.8 Å². The van der Waals surface area contributed by atoms with Gasteiger partial charge in [0, 0.05) is 43.2 Å². The molecule has 2 fully saturated rings. The number of pyridine rings is 1. The van der Waals surface area contributed by atoms with Crippen molar-refractivity contribution in [3.05, 3.63) is 23.4 Å². The van der Waals surface area contributed by atoms with Crippen LogP contribution in [0.2, 0.25) is 0 Å². The molecule has 3 atom stereocenters. The van der Waals surface area contributed by atoms with E-state index in [0.717, 1.165) is 38.5 Å². The van der Waals surface area contributed by atoms with Crippen LogP contribution in [-0.4, -0.2) is 76.8 Å². The zero-order valence-electron chi connectivity index (χ0n) is 22.5. The molecule has 0 bridgehead atoms. The first-order chi connectivity index (χ1) is 17.9. The van der Waals surface area contributed by atoms with E-state index in [4.69, 9.17) is 4.74 Å². The Bertz CT molecular complexity index is 1010. The molecule has 1 aromatic heterocycles. The molecule has 0 aromatic carbocycles. The number of hydrogen-bond donors (Lipinski definition) is 2. The molecule has 2 aliphatic carbocycles. The molecule has 8 nitrogen and oxygen atoms in total. The molecule has 2 saturated carbocycles. The first kappa shape index (κ1) is 27.3. The largest absolute Gasteiger partial charge is 0.472 e. The van der Waals surface area contributed by atoms with Gasteiger partial charge in [0.05, 0.1) is 19.2 Å². The number of hydrogen-bond acceptors (Lipinski definition) is 5. The fraction of sp³-hybridized carbons (Fsp3) is 0.690. The van der Waals surface area contributed by atoms with Crippen molar-refractivity contribution in [3.8, 4) is 17.7 Å². The zero-order chi connectivity index (χ0) is 26.4. The predicted molar refractivity (Wildman–Crippen MR) is 142 cm³/mol. The number of nitrogens with one attached hydrogen (secondary N) is 1. The lowest BCUT2D eigenvalue weighted by Gasteiger charge is -2.37. The Morgan fingerprint density at radius 3 is 2.65 bits per heavy atom. The summed E-state index contributed by atoms with van der Waals surface area (Å²) in [6, 6.07) is 1.53. The summed E-state index contributed by atoms with van der Waals surface area (Å²) in [5.74, 6) is 6.95. The van der Waals surface area contributed by atoms with Gasteiger partial charge in [0.15, 0.2) is 0 Å². The number of aromatic nitrogens is 1. The second-order valence-corrected chi connectivity index (χ2v) is 11.1. The van der Waals surface area contributed by atoms with Crippen molar-refractivity contribution in [2.45, 2.75) is 89.8 Å². The number of ether oxygens (including phenoxy) is 1. The number of rotatable bonds is 5. The van der Waals surface area contributed by atoms with Crippen LogP contribution in [0.15, 0.2) is 12.3 Å². The fourth-order valence-corrected chi connectivity index (χ4v) is 5.53. The number of aliphatic hydroxyl groups is 1. The topological polar surface area (TPSA) is 95.0 Å². The molecular formula is C29H42N4O4. The molecule has 2 N–H and O–H groups in total. The van der Waals surface area contributed by atoms with Gasteiger partial charge in [-0.05, 0) is 38.7 Å². The number of nitrogens with zero attached hydrogens (tertiary/aromatic N) is 3. The quantitative estimate of drug-likeness (QED) is 0.588. The van der Waals surface area contributed by atoms with Gasteiger partial charge in [-0.3, -0.25) is 4.79 Å². The summed E-state index contributed by atoms with van der Waals surface area (Å²) < 4.78 is 6.33. The molecule has 0 spiro atoms. The fourth-order valence-electron chi connectivity index (χ4n) is 5.53. The summed E-state index contributed by atoms with van der Waals surface area (Å²) in [6.45, 7) is 4.47. The third-order valence-corrected chi connectivity index (χ3v) is 8.03. The molecule has 0 radical (unpaired) electrons. The molecule has 0 unspecified atom stereocenters.